The summed E-state index contributed by atoms with van der Waals surface area (Å²) in [6.45, 7) is 1.27. The minimum Gasteiger partial charge on any atom is -0.363 e. The van der Waals surface area contributed by atoms with E-state index in [-0.39, 0.29) is 5.78 Å². The van der Waals surface area contributed by atoms with Crippen molar-refractivity contribution in [2.24, 2.45) is 0 Å². The number of nitrogens with zero attached hydrogens (tertiary/aromatic N) is 2. The number of benzene rings is 1. The van der Waals surface area contributed by atoms with E-state index < -0.39 is 0 Å². The highest BCUT2D eigenvalue weighted by atomic mass is 35.5. The minimum absolute atomic E-state index is 0.242. The van der Waals surface area contributed by atoms with Crippen LogP contribution in [0.1, 0.15) is 18.4 Å². The lowest BCUT2D eigenvalue weighted by atomic mass is 10.1. The third-order valence-corrected chi connectivity index (χ3v) is 2.97. The Kier molecular flexibility index (Phi) is 3.12. The number of rotatable bonds is 1. The molecule has 1 aliphatic rings. The van der Waals surface area contributed by atoms with E-state index in [1.807, 2.05) is 11.0 Å². The molecule has 0 unspecified atom stereocenters. The van der Waals surface area contributed by atoms with Gasteiger partial charge in [-0.1, -0.05) is 11.6 Å². The molecular weight excluding hydrogens is 224 g/mol. The van der Waals surface area contributed by atoms with Gasteiger partial charge in [-0.15, -0.1) is 0 Å². The van der Waals surface area contributed by atoms with Gasteiger partial charge in [-0.2, -0.15) is 5.26 Å². The number of Topliss-reactive ketones (excluding diaryl/α,β-unsaturated/α-hetero) is 1. The summed E-state index contributed by atoms with van der Waals surface area (Å²) < 4.78 is 0. The minimum atomic E-state index is 0.242. The predicted octanol–water partition coefficient (Wildman–Crippen LogP) is 2.38. The first-order valence-electron chi connectivity index (χ1n) is 5.17. The second-order valence-electron chi connectivity index (χ2n) is 3.84. The third kappa shape index (κ3) is 2.17. The molecule has 1 heterocycles. The van der Waals surface area contributed by atoms with Crippen molar-refractivity contribution < 1.29 is 4.79 Å². The molecule has 0 atom stereocenters. The van der Waals surface area contributed by atoms with Gasteiger partial charge in [0.1, 0.15) is 0 Å². The molecule has 2 rings (SSSR count). The van der Waals surface area contributed by atoms with E-state index in [4.69, 9.17) is 16.9 Å². The summed E-state index contributed by atoms with van der Waals surface area (Å²) in [5, 5.41) is 9.26. The molecule has 4 heteroatoms. The number of ketones is 1. The molecule has 1 aromatic rings. The summed E-state index contributed by atoms with van der Waals surface area (Å²) in [7, 11) is 0. The van der Waals surface area contributed by atoms with Crippen molar-refractivity contribution in [1.29, 1.82) is 5.26 Å². The first kappa shape index (κ1) is 11.0. The topological polar surface area (TPSA) is 44.1 Å². The molecule has 1 fully saturated rings. The maximum absolute atomic E-state index is 11.3. The van der Waals surface area contributed by atoms with Crippen LogP contribution < -0.4 is 4.90 Å². The molecule has 0 bridgehead atoms. The van der Waals surface area contributed by atoms with Crippen molar-refractivity contribution in [1.82, 2.24) is 0 Å². The average molecular weight is 235 g/mol. The molecule has 0 radical (unpaired) electrons. The Labute approximate surface area is 99.2 Å². The van der Waals surface area contributed by atoms with Gasteiger partial charge in [0.2, 0.25) is 0 Å². The van der Waals surface area contributed by atoms with Crippen molar-refractivity contribution in [2.45, 2.75) is 12.8 Å². The van der Waals surface area contributed by atoms with E-state index in [1.54, 1.807) is 18.2 Å². The van der Waals surface area contributed by atoms with E-state index in [1.165, 1.54) is 0 Å². The standard InChI is InChI=1S/C12H11ClN2O/c13-11-6-9(7-14)3-4-12(11)15-5-1-2-10(16)8-15/h3-4,6H,1-2,5,8H2. The fraction of sp³-hybridized carbons (Fsp3) is 0.333. The van der Waals surface area contributed by atoms with Crippen LogP contribution in [0.5, 0.6) is 0 Å². The predicted molar refractivity (Wildman–Crippen MR) is 62.6 cm³/mol. The van der Waals surface area contributed by atoms with Crippen LogP contribution in [0.3, 0.4) is 0 Å². The molecule has 1 aliphatic heterocycles. The molecule has 16 heavy (non-hydrogen) atoms. The van der Waals surface area contributed by atoms with E-state index in [0.29, 0.717) is 23.6 Å². The van der Waals surface area contributed by atoms with Gasteiger partial charge in [0.05, 0.1) is 28.9 Å². The Morgan fingerprint density at radius 2 is 2.25 bits per heavy atom. The van der Waals surface area contributed by atoms with Gasteiger partial charge >= 0.3 is 0 Å². The smallest absolute Gasteiger partial charge is 0.152 e. The van der Waals surface area contributed by atoms with Crippen molar-refractivity contribution in [3.63, 3.8) is 0 Å². The summed E-state index contributed by atoms with van der Waals surface area (Å²) in [6.07, 6.45) is 1.53. The Bertz CT molecular complexity index is 465. The largest absolute Gasteiger partial charge is 0.363 e. The van der Waals surface area contributed by atoms with Crippen LogP contribution in [-0.4, -0.2) is 18.9 Å². The van der Waals surface area contributed by atoms with Gasteiger partial charge < -0.3 is 4.90 Å². The van der Waals surface area contributed by atoms with Crippen molar-refractivity contribution in [3.8, 4) is 6.07 Å². The number of nitriles is 1. The van der Waals surface area contributed by atoms with Crippen molar-refractivity contribution in [2.75, 3.05) is 18.0 Å². The zero-order valence-corrected chi connectivity index (χ0v) is 9.50. The zero-order valence-electron chi connectivity index (χ0n) is 8.74. The highest BCUT2D eigenvalue weighted by molar-refractivity contribution is 6.33. The zero-order chi connectivity index (χ0) is 11.5. The molecular formula is C12H11ClN2O. The number of carbonyl (C=O) groups excluding carboxylic acids is 1. The van der Waals surface area contributed by atoms with Gasteiger partial charge in [-0.05, 0) is 24.6 Å². The Hall–Kier alpha value is -1.53. The van der Waals surface area contributed by atoms with Crippen LogP contribution >= 0.6 is 11.6 Å². The molecule has 0 aromatic heterocycles. The molecule has 1 saturated heterocycles. The summed E-state index contributed by atoms with van der Waals surface area (Å²) in [5.74, 6) is 0.242. The van der Waals surface area contributed by atoms with Gasteiger partial charge in [0.25, 0.3) is 0 Å². The average Bonchev–Trinajstić information content (AvgIpc) is 2.28. The molecule has 1 aromatic carbocycles. The third-order valence-electron chi connectivity index (χ3n) is 2.67. The van der Waals surface area contributed by atoms with Crippen LogP contribution in [0.4, 0.5) is 5.69 Å². The lowest BCUT2D eigenvalue weighted by Gasteiger charge is -2.28. The Balaban J connectivity index is 2.27. The quantitative estimate of drug-likeness (QED) is 0.750. The lowest BCUT2D eigenvalue weighted by molar-refractivity contribution is -0.118. The number of carbonyl (C=O) groups is 1. The maximum Gasteiger partial charge on any atom is 0.152 e. The molecule has 0 spiro atoms. The van der Waals surface area contributed by atoms with Crippen LogP contribution in [0.2, 0.25) is 5.02 Å². The first-order chi connectivity index (χ1) is 7.70. The highest BCUT2D eigenvalue weighted by Gasteiger charge is 2.18. The van der Waals surface area contributed by atoms with Crippen LogP contribution in [0.25, 0.3) is 0 Å². The second kappa shape index (κ2) is 4.54. The van der Waals surface area contributed by atoms with Crippen molar-refractivity contribution in [3.05, 3.63) is 28.8 Å². The maximum atomic E-state index is 11.3. The van der Waals surface area contributed by atoms with Gasteiger partial charge in [-0.3, -0.25) is 4.79 Å². The lowest BCUT2D eigenvalue weighted by Crippen LogP contribution is -2.35. The Morgan fingerprint density at radius 3 is 2.88 bits per heavy atom. The van der Waals surface area contributed by atoms with E-state index in [2.05, 4.69) is 0 Å². The molecule has 3 nitrogen and oxygen atoms in total. The number of anilines is 1. The fourth-order valence-corrected chi connectivity index (χ4v) is 2.18. The second-order valence-corrected chi connectivity index (χ2v) is 4.25. The Morgan fingerprint density at radius 1 is 1.44 bits per heavy atom. The number of hydrogen-bond donors (Lipinski definition) is 0. The number of hydrogen-bond acceptors (Lipinski definition) is 3. The molecule has 0 saturated carbocycles. The molecule has 0 aliphatic carbocycles. The normalized spacial score (nSPS) is 16.0. The highest BCUT2D eigenvalue weighted by Crippen LogP contribution is 2.28. The molecule has 82 valence electrons. The monoisotopic (exact) mass is 234 g/mol. The van der Waals surface area contributed by atoms with E-state index in [0.717, 1.165) is 18.7 Å². The number of piperidine rings is 1. The summed E-state index contributed by atoms with van der Waals surface area (Å²) in [6, 6.07) is 7.20. The van der Waals surface area contributed by atoms with Crippen LogP contribution in [-0.2, 0) is 4.79 Å². The van der Waals surface area contributed by atoms with Crippen LogP contribution in [0, 0.1) is 11.3 Å². The SMILES string of the molecule is N#Cc1ccc(N2CCCC(=O)C2)c(Cl)c1. The summed E-state index contributed by atoms with van der Waals surface area (Å²) in [5.41, 5.74) is 1.38. The molecule has 0 N–H and O–H groups in total. The fourth-order valence-electron chi connectivity index (χ4n) is 1.88. The van der Waals surface area contributed by atoms with E-state index >= 15 is 0 Å². The van der Waals surface area contributed by atoms with Crippen molar-refractivity contribution >= 4 is 23.1 Å². The summed E-state index contributed by atoms with van der Waals surface area (Å²) >= 11 is 6.09. The van der Waals surface area contributed by atoms with Crippen LogP contribution in [0.15, 0.2) is 18.2 Å². The van der Waals surface area contributed by atoms with E-state index in [9.17, 15) is 4.79 Å². The number of halogens is 1. The summed E-state index contributed by atoms with van der Waals surface area (Å²) in [4.78, 5) is 13.3. The van der Waals surface area contributed by atoms with Gasteiger partial charge in [-0.25, -0.2) is 0 Å². The molecule has 0 amide bonds. The van der Waals surface area contributed by atoms with Gasteiger partial charge in [0, 0.05) is 13.0 Å². The first-order valence-corrected chi connectivity index (χ1v) is 5.55. The van der Waals surface area contributed by atoms with Gasteiger partial charge in [0.15, 0.2) is 5.78 Å².